The van der Waals surface area contributed by atoms with Gasteiger partial charge in [-0.3, -0.25) is 28.2 Å². The van der Waals surface area contributed by atoms with Gasteiger partial charge in [-0.05, 0) is 0 Å². The lowest BCUT2D eigenvalue weighted by Crippen LogP contribution is -2.64. The topological polar surface area (TPSA) is 228 Å². The molecule has 0 aromatic rings. The number of halogens is 6. The molecule has 0 aliphatic carbocycles. The standard InChI is InChI=1S/C16H25F6N4O8P/c1-5(9(23)27)13(15(17,18)19,6(2)10(24)28)33-35(31,32)34-14(16(20,21)22,7(3)11(25)29)8(4)12(26)30/h5-8H,1-4H3,(H2,23,27)(H2,24,28)(H2,25,29)(H2,26,30)(H,31,32). The van der Waals surface area contributed by atoms with Gasteiger partial charge in [0.15, 0.2) is 11.2 Å². The van der Waals surface area contributed by atoms with Crippen LogP contribution in [0.5, 0.6) is 0 Å². The summed E-state index contributed by atoms with van der Waals surface area (Å²) >= 11 is 0. The number of amides is 4. The van der Waals surface area contributed by atoms with E-state index < -0.39 is 78.7 Å². The third kappa shape index (κ3) is 6.05. The minimum Gasteiger partial charge on any atom is -0.369 e. The van der Waals surface area contributed by atoms with E-state index in [-0.39, 0.29) is 0 Å². The highest BCUT2D eigenvalue weighted by molar-refractivity contribution is 7.47. The molecule has 0 radical (unpaired) electrons. The minimum atomic E-state index is -6.77. The van der Waals surface area contributed by atoms with E-state index in [9.17, 15) is 55.0 Å². The highest BCUT2D eigenvalue weighted by Gasteiger charge is 2.72. The fourth-order valence-corrected chi connectivity index (χ4v) is 5.04. The zero-order valence-corrected chi connectivity index (χ0v) is 19.5. The second-order valence-electron chi connectivity index (χ2n) is 7.73. The molecule has 35 heavy (non-hydrogen) atoms. The van der Waals surface area contributed by atoms with Gasteiger partial charge in [-0.15, -0.1) is 0 Å². The summed E-state index contributed by atoms with van der Waals surface area (Å²) in [5.74, 6) is -18.3. The lowest BCUT2D eigenvalue weighted by Gasteiger charge is -2.46. The Kier molecular flexibility index (Phi) is 9.57. The van der Waals surface area contributed by atoms with Gasteiger partial charge in [-0.1, -0.05) is 27.7 Å². The zero-order valence-electron chi connectivity index (χ0n) is 18.6. The number of rotatable bonds is 12. The van der Waals surface area contributed by atoms with Crippen molar-refractivity contribution in [2.24, 2.45) is 46.6 Å². The molecule has 0 aliphatic rings. The van der Waals surface area contributed by atoms with Gasteiger partial charge in [0.1, 0.15) is 0 Å². The van der Waals surface area contributed by atoms with Crippen LogP contribution in [-0.4, -0.2) is 52.1 Å². The molecule has 4 atom stereocenters. The molecule has 12 nitrogen and oxygen atoms in total. The Labute approximate surface area is 194 Å². The average Bonchev–Trinajstić information content (AvgIpc) is 2.65. The van der Waals surface area contributed by atoms with Crippen LogP contribution >= 0.6 is 7.82 Å². The Morgan fingerprint density at radius 1 is 0.629 bits per heavy atom. The molecule has 0 spiro atoms. The first kappa shape index (κ1) is 32.6. The third-order valence-corrected chi connectivity index (χ3v) is 6.76. The SMILES string of the molecule is CC(C(N)=O)C(OP(=O)(O)OC(C(C)C(N)=O)(C(C)C(N)=O)C(F)(F)F)(C(C)C(N)=O)C(F)(F)F. The third-order valence-electron chi connectivity index (χ3n) is 5.70. The number of nitrogens with two attached hydrogens (primary N) is 4. The predicted octanol–water partition coefficient (Wildman–Crippen LogP) is 0.208. The molecule has 204 valence electrons. The Hall–Kier alpha value is -2.43. The van der Waals surface area contributed by atoms with Crippen LogP contribution in [0.1, 0.15) is 27.7 Å². The van der Waals surface area contributed by atoms with Crippen LogP contribution in [0.2, 0.25) is 0 Å². The zero-order chi connectivity index (χ0) is 28.5. The molecule has 0 aromatic carbocycles. The van der Waals surface area contributed by atoms with Crippen molar-refractivity contribution in [1.29, 1.82) is 0 Å². The van der Waals surface area contributed by atoms with Gasteiger partial charge in [-0.25, -0.2) is 4.57 Å². The van der Waals surface area contributed by atoms with E-state index >= 15 is 0 Å². The van der Waals surface area contributed by atoms with Crippen molar-refractivity contribution < 1.29 is 64.0 Å². The lowest BCUT2D eigenvalue weighted by molar-refractivity contribution is -0.300. The molecule has 19 heteroatoms. The van der Waals surface area contributed by atoms with E-state index in [0.29, 0.717) is 27.7 Å². The number of alkyl halides is 6. The molecule has 4 unspecified atom stereocenters. The normalized spacial score (nSPS) is 21.3. The van der Waals surface area contributed by atoms with Crippen LogP contribution in [0.3, 0.4) is 0 Å². The Morgan fingerprint density at radius 3 is 0.914 bits per heavy atom. The van der Waals surface area contributed by atoms with Crippen molar-refractivity contribution in [3.8, 4) is 0 Å². The first-order valence-corrected chi connectivity index (χ1v) is 10.9. The van der Waals surface area contributed by atoms with Gasteiger partial charge < -0.3 is 27.8 Å². The van der Waals surface area contributed by atoms with Gasteiger partial charge >= 0.3 is 20.2 Å². The van der Waals surface area contributed by atoms with Crippen molar-refractivity contribution >= 4 is 31.5 Å². The van der Waals surface area contributed by atoms with E-state index in [4.69, 9.17) is 22.9 Å². The number of hydrogen-bond donors (Lipinski definition) is 5. The van der Waals surface area contributed by atoms with Gasteiger partial charge in [0.25, 0.3) is 0 Å². The van der Waals surface area contributed by atoms with E-state index in [2.05, 4.69) is 9.05 Å². The van der Waals surface area contributed by atoms with Crippen molar-refractivity contribution in [3.63, 3.8) is 0 Å². The first-order chi connectivity index (χ1) is 15.3. The lowest BCUT2D eigenvalue weighted by atomic mass is 9.77. The summed E-state index contributed by atoms with van der Waals surface area (Å²) in [7, 11) is -6.77. The second kappa shape index (κ2) is 10.3. The summed E-state index contributed by atoms with van der Waals surface area (Å²) in [6.07, 6.45) is -11.9. The maximum atomic E-state index is 14.2. The van der Waals surface area contributed by atoms with E-state index in [1.807, 2.05) is 0 Å². The maximum Gasteiger partial charge on any atom is 0.474 e. The molecule has 0 fully saturated rings. The molecule has 0 saturated heterocycles. The fourth-order valence-electron chi connectivity index (χ4n) is 3.40. The quantitative estimate of drug-likeness (QED) is 0.167. The summed E-state index contributed by atoms with van der Waals surface area (Å²) in [5, 5.41) is 0. The van der Waals surface area contributed by atoms with Gasteiger partial charge in [-0.2, -0.15) is 26.3 Å². The van der Waals surface area contributed by atoms with Crippen molar-refractivity contribution in [2.45, 2.75) is 51.2 Å². The molecular formula is C16H25F6N4O8P. The molecule has 4 amide bonds. The second-order valence-corrected chi connectivity index (χ2v) is 9.03. The van der Waals surface area contributed by atoms with Gasteiger partial charge in [0, 0.05) is 0 Å². The maximum absolute atomic E-state index is 14.2. The van der Waals surface area contributed by atoms with Crippen LogP contribution in [0, 0.1) is 23.7 Å². The number of carbonyl (C=O) groups is 4. The van der Waals surface area contributed by atoms with Crippen molar-refractivity contribution in [2.75, 3.05) is 0 Å². The Balaban J connectivity index is 7.32. The number of hydrogen-bond acceptors (Lipinski definition) is 7. The Morgan fingerprint density at radius 2 is 0.800 bits per heavy atom. The summed E-state index contributed by atoms with van der Waals surface area (Å²) in [6, 6.07) is 0. The van der Waals surface area contributed by atoms with E-state index in [1.54, 1.807) is 0 Å². The molecule has 0 saturated carbocycles. The van der Waals surface area contributed by atoms with Gasteiger partial charge in [0.05, 0.1) is 23.7 Å². The van der Waals surface area contributed by atoms with Crippen LogP contribution in [0.4, 0.5) is 26.3 Å². The highest BCUT2D eigenvalue weighted by atomic mass is 31.2. The molecule has 0 aromatic heterocycles. The molecule has 0 aliphatic heterocycles. The van der Waals surface area contributed by atoms with E-state index in [1.165, 1.54) is 0 Å². The number of phosphoric ester groups is 1. The van der Waals surface area contributed by atoms with Crippen LogP contribution < -0.4 is 22.9 Å². The van der Waals surface area contributed by atoms with Gasteiger partial charge in [0.2, 0.25) is 23.6 Å². The summed E-state index contributed by atoms with van der Waals surface area (Å²) in [4.78, 5) is 56.6. The number of primary amides is 4. The molecule has 0 heterocycles. The summed E-state index contributed by atoms with van der Waals surface area (Å²) < 4.78 is 106. The highest BCUT2D eigenvalue weighted by Crippen LogP contribution is 2.62. The van der Waals surface area contributed by atoms with E-state index in [0.717, 1.165) is 0 Å². The van der Waals surface area contributed by atoms with Crippen LogP contribution in [0.15, 0.2) is 0 Å². The predicted molar refractivity (Wildman–Crippen MR) is 103 cm³/mol. The van der Waals surface area contributed by atoms with Crippen molar-refractivity contribution in [3.05, 3.63) is 0 Å². The number of phosphoric acid groups is 1. The fraction of sp³-hybridized carbons (Fsp3) is 0.750. The van der Waals surface area contributed by atoms with Crippen LogP contribution in [0.25, 0.3) is 0 Å². The molecule has 9 N–H and O–H groups in total. The molecular weight excluding hydrogens is 521 g/mol. The molecule has 0 rings (SSSR count). The Bertz CT molecular complexity index is 803. The largest absolute Gasteiger partial charge is 0.474 e. The average molecular weight is 546 g/mol. The monoisotopic (exact) mass is 546 g/mol. The molecule has 0 bridgehead atoms. The van der Waals surface area contributed by atoms with Crippen molar-refractivity contribution in [1.82, 2.24) is 0 Å². The summed E-state index contributed by atoms with van der Waals surface area (Å²) in [6.45, 7) is 1.57. The number of carbonyl (C=O) groups excluding carboxylic acids is 4. The first-order valence-electron chi connectivity index (χ1n) is 9.38. The minimum absolute atomic E-state index is 0.393. The summed E-state index contributed by atoms with van der Waals surface area (Å²) in [5.41, 5.74) is 10.6. The van der Waals surface area contributed by atoms with Crippen LogP contribution in [-0.2, 0) is 32.8 Å². The smallest absolute Gasteiger partial charge is 0.369 e.